The van der Waals surface area contributed by atoms with Gasteiger partial charge in [-0.05, 0) is 37.1 Å². The largest absolute Gasteiger partial charge is 0.489 e. The molecule has 1 aromatic rings. The Balaban J connectivity index is 1.93. The first-order valence-electron chi connectivity index (χ1n) is 5.43. The van der Waals surface area contributed by atoms with Gasteiger partial charge < -0.3 is 10.1 Å². The Morgan fingerprint density at radius 2 is 2.20 bits per heavy atom. The van der Waals surface area contributed by atoms with Crippen LogP contribution < -0.4 is 10.1 Å². The van der Waals surface area contributed by atoms with Gasteiger partial charge in [-0.2, -0.15) is 0 Å². The van der Waals surface area contributed by atoms with E-state index in [9.17, 15) is 0 Å². The lowest BCUT2D eigenvalue weighted by molar-refractivity contribution is 0.343. The highest BCUT2D eigenvalue weighted by atomic mass is 16.5. The molecule has 0 bridgehead atoms. The zero-order valence-corrected chi connectivity index (χ0v) is 9.12. The zero-order chi connectivity index (χ0) is 10.5. The third-order valence-corrected chi connectivity index (χ3v) is 2.61. The monoisotopic (exact) mass is 203 g/mol. The summed E-state index contributed by atoms with van der Waals surface area (Å²) in [7, 11) is 0. The van der Waals surface area contributed by atoms with Crippen LogP contribution >= 0.6 is 0 Å². The van der Waals surface area contributed by atoms with Crippen molar-refractivity contribution in [2.45, 2.75) is 13.3 Å². The Hall–Kier alpha value is -1.28. The third kappa shape index (κ3) is 2.83. The van der Waals surface area contributed by atoms with Gasteiger partial charge >= 0.3 is 0 Å². The first kappa shape index (κ1) is 10.2. The lowest BCUT2D eigenvalue weighted by Crippen LogP contribution is -2.24. The second kappa shape index (κ2) is 4.99. The van der Waals surface area contributed by atoms with E-state index in [4.69, 9.17) is 4.74 Å². The van der Waals surface area contributed by atoms with Crippen LogP contribution in [0, 0.1) is 6.92 Å². The van der Waals surface area contributed by atoms with Gasteiger partial charge in [-0.25, -0.2) is 0 Å². The van der Waals surface area contributed by atoms with E-state index in [0.717, 1.165) is 25.3 Å². The zero-order valence-electron chi connectivity index (χ0n) is 9.12. The molecule has 1 aromatic carbocycles. The molecule has 0 spiro atoms. The minimum Gasteiger partial charge on any atom is -0.489 e. The van der Waals surface area contributed by atoms with Gasteiger partial charge in [-0.1, -0.05) is 24.3 Å². The van der Waals surface area contributed by atoms with Crippen LogP contribution in [0.25, 0.3) is 0 Å². The van der Waals surface area contributed by atoms with Crippen LogP contribution in [0.4, 0.5) is 0 Å². The summed E-state index contributed by atoms with van der Waals surface area (Å²) in [5.41, 5.74) is 2.55. The van der Waals surface area contributed by atoms with E-state index >= 15 is 0 Å². The molecule has 1 heterocycles. The molecular weight excluding hydrogens is 186 g/mol. The van der Waals surface area contributed by atoms with Crippen LogP contribution in [0.3, 0.4) is 0 Å². The average molecular weight is 203 g/mol. The molecule has 0 aliphatic carbocycles. The van der Waals surface area contributed by atoms with E-state index in [1.807, 2.05) is 18.2 Å². The van der Waals surface area contributed by atoms with E-state index in [2.05, 4.69) is 24.4 Å². The minimum atomic E-state index is 0.706. The number of rotatable bonds is 3. The van der Waals surface area contributed by atoms with E-state index in [1.165, 1.54) is 11.1 Å². The smallest absolute Gasteiger partial charge is 0.122 e. The summed E-state index contributed by atoms with van der Waals surface area (Å²) in [6, 6.07) is 8.13. The van der Waals surface area contributed by atoms with Crippen LogP contribution in [0.5, 0.6) is 5.75 Å². The first-order valence-corrected chi connectivity index (χ1v) is 5.43. The molecule has 0 fully saturated rings. The summed E-state index contributed by atoms with van der Waals surface area (Å²) in [6.07, 6.45) is 3.39. The average Bonchev–Trinajstić information content (AvgIpc) is 2.29. The van der Waals surface area contributed by atoms with Crippen molar-refractivity contribution in [3.63, 3.8) is 0 Å². The van der Waals surface area contributed by atoms with Gasteiger partial charge in [0.2, 0.25) is 0 Å². The van der Waals surface area contributed by atoms with E-state index in [0.29, 0.717) is 6.61 Å². The second-order valence-electron chi connectivity index (χ2n) is 3.88. The molecule has 0 saturated carbocycles. The number of benzene rings is 1. The summed E-state index contributed by atoms with van der Waals surface area (Å²) in [5.74, 6) is 0.990. The highest BCUT2D eigenvalue weighted by Crippen LogP contribution is 2.17. The summed E-state index contributed by atoms with van der Waals surface area (Å²) >= 11 is 0. The number of nitrogens with one attached hydrogen (secondary N) is 1. The van der Waals surface area contributed by atoms with Crippen molar-refractivity contribution < 1.29 is 4.74 Å². The molecular formula is C13H17NO. The molecule has 1 aliphatic heterocycles. The molecule has 2 rings (SSSR count). The Bertz CT molecular complexity index is 357. The fourth-order valence-electron chi connectivity index (χ4n) is 1.70. The maximum Gasteiger partial charge on any atom is 0.122 e. The lowest BCUT2D eigenvalue weighted by atomic mass is 10.1. The predicted octanol–water partition coefficient (Wildman–Crippen LogP) is 2.29. The molecule has 80 valence electrons. The molecule has 0 amide bonds. The van der Waals surface area contributed by atoms with Crippen molar-refractivity contribution in [1.82, 2.24) is 5.32 Å². The first-order chi connectivity index (χ1) is 7.36. The molecule has 0 radical (unpaired) electrons. The van der Waals surface area contributed by atoms with Crippen molar-refractivity contribution in [1.29, 1.82) is 0 Å². The maximum absolute atomic E-state index is 5.77. The van der Waals surface area contributed by atoms with Gasteiger partial charge in [0.25, 0.3) is 0 Å². The molecule has 0 atom stereocenters. The molecule has 1 aliphatic rings. The number of hydrogen-bond donors (Lipinski definition) is 1. The summed E-state index contributed by atoms with van der Waals surface area (Å²) in [5, 5.41) is 3.34. The van der Waals surface area contributed by atoms with E-state index in [-0.39, 0.29) is 0 Å². The fraction of sp³-hybridized carbons (Fsp3) is 0.385. The SMILES string of the molecule is Cc1ccccc1OCC1=CCCNC1. The Morgan fingerprint density at radius 3 is 2.93 bits per heavy atom. The summed E-state index contributed by atoms with van der Waals surface area (Å²) in [6.45, 7) is 4.83. The van der Waals surface area contributed by atoms with Crippen molar-refractivity contribution in [3.8, 4) is 5.75 Å². The van der Waals surface area contributed by atoms with Gasteiger partial charge in [0.05, 0.1) is 0 Å². The van der Waals surface area contributed by atoms with Gasteiger partial charge in [0, 0.05) is 6.54 Å². The second-order valence-corrected chi connectivity index (χ2v) is 3.88. The minimum absolute atomic E-state index is 0.706. The third-order valence-electron chi connectivity index (χ3n) is 2.61. The molecule has 2 nitrogen and oxygen atoms in total. The molecule has 1 N–H and O–H groups in total. The summed E-state index contributed by atoms with van der Waals surface area (Å²) < 4.78 is 5.77. The Labute approximate surface area is 91.0 Å². The topological polar surface area (TPSA) is 21.3 Å². The van der Waals surface area contributed by atoms with Gasteiger partial charge in [-0.15, -0.1) is 0 Å². The van der Waals surface area contributed by atoms with Crippen LogP contribution in [0.2, 0.25) is 0 Å². The van der Waals surface area contributed by atoms with Gasteiger partial charge in [0.15, 0.2) is 0 Å². The maximum atomic E-state index is 5.77. The molecule has 0 saturated heterocycles. The Morgan fingerprint density at radius 1 is 1.33 bits per heavy atom. The van der Waals surface area contributed by atoms with Gasteiger partial charge in [0.1, 0.15) is 12.4 Å². The molecule has 0 unspecified atom stereocenters. The standard InChI is InChI=1S/C13H17NO/c1-11-5-2-3-7-13(11)15-10-12-6-4-8-14-9-12/h2-3,5-7,14H,4,8-10H2,1H3. The highest BCUT2D eigenvalue weighted by molar-refractivity contribution is 5.32. The van der Waals surface area contributed by atoms with E-state index < -0.39 is 0 Å². The van der Waals surface area contributed by atoms with Crippen molar-refractivity contribution >= 4 is 0 Å². The van der Waals surface area contributed by atoms with Crippen LogP contribution in [0.1, 0.15) is 12.0 Å². The molecule has 15 heavy (non-hydrogen) atoms. The van der Waals surface area contributed by atoms with E-state index in [1.54, 1.807) is 0 Å². The van der Waals surface area contributed by atoms with Crippen LogP contribution in [0.15, 0.2) is 35.9 Å². The molecule has 0 aromatic heterocycles. The van der Waals surface area contributed by atoms with Gasteiger partial charge in [-0.3, -0.25) is 0 Å². The van der Waals surface area contributed by atoms with Crippen molar-refractivity contribution in [2.24, 2.45) is 0 Å². The molecule has 2 heteroatoms. The number of ether oxygens (including phenoxy) is 1. The number of aryl methyl sites for hydroxylation is 1. The Kier molecular flexibility index (Phi) is 3.41. The van der Waals surface area contributed by atoms with Crippen LogP contribution in [-0.4, -0.2) is 19.7 Å². The quantitative estimate of drug-likeness (QED) is 0.761. The predicted molar refractivity (Wildman–Crippen MR) is 62.2 cm³/mol. The summed E-state index contributed by atoms with van der Waals surface area (Å²) in [4.78, 5) is 0. The van der Waals surface area contributed by atoms with Crippen molar-refractivity contribution in [3.05, 3.63) is 41.5 Å². The number of para-hydroxylation sites is 1. The number of hydrogen-bond acceptors (Lipinski definition) is 2. The lowest BCUT2D eigenvalue weighted by Gasteiger charge is -2.15. The highest BCUT2D eigenvalue weighted by Gasteiger charge is 2.04. The van der Waals surface area contributed by atoms with Crippen molar-refractivity contribution in [2.75, 3.05) is 19.7 Å². The van der Waals surface area contributed by atoms with Crippen LogP contribution in [-0.2, 0) is 0 Å². The fourth-order valence-corrected chi connectivity index (χ4v) is 1.70. The normalized spacial score (nSPS) is 15.9.